The van der Waals surface area contributed by atoms with Crippen molar-refractivity contribution in [3.8, 4) is 22.5 Å². The summed E-state index contributed by atoms with van der Waals surface area (Å²) in [6.07, 6.45) is 5.35. The Bertz CT molecular complexity index is 1180. The molecule has 6 nitrogen and oxygen atoms in total. The van der Waals surface area contributed by atoms with Gasteiger partial charge in [-0.05, 0) is 36.8 Å². The predicted molar refractivity (Wildman–Crippen MR) is 120 cm³/mol. The van der Waals surface area contributed by atoms with E-state index in [0.29, 0.717) is 15.2 Å². The summed E-state index contributed by atoms with van der Waals surface area (Å²) in [6.45, 7) is 0. The van der Waals surface area contributed by atoms with Crippen LogP contribution in [0.4, 0.5) is 0 Å². The van der Waals surface area contributed by atoms with Gasteiger partial charge in [0, 0.05) is 11.1 Å². The molecule has 1 heterocycles. The van der Waals surface area contributed by atoms with E-state index in [9.17, 15) is 16.8 Å². The van der Waals surface area contributed by atoms with Gasteiger partial charge in [0.1, 0.15) is 0 Å². The quantitative estimate of drug-likeness (QED) is 0.603. The first-order valence-corrected chi connectivity index (χ1v) is 13.5. The lowest BCUT2D eigenvalue weighted by atomic mass is 9.89. The molecule has 0 unspecified atom stereocenters. The summed E-state index contributed by atoms with van der Waals surface area (Å²) in [5.41, 5.74) is 4.86. The molecule has 4 rings (SSSR count). The highest BCUT2D eigenvalue weighted by Crippen LogP contribution is 2.42. The topological polar surface area (TPSA) is 76.5 Å². The SMILES string of the molecule is CS(=O)(=O)N(n1c(-c2ccccc2)c2c(c1-c1ccccc1)CCCC2)S(C)(=O)=O. The average molecular weight is 445 g/mol. The van der Waals surface area contributed by atoms with Crippen molar-refractivity contribution in [2.75, 3.05) is 16.3 Å². The first-order valence-electron chi connectivity index (χ1n) is 9.77. The molecule has 2 aromatic carbocycles. The summed E-state index contributed by atoms with van der Waals surface area (Å²) in [4.78, 5) is 0. The Labute approximate surface area is 177 Å². The van der Waals surface area contributed by atoms with E-state index in [1.54, 1.807) is 0 Å². The Hall–Kier alpha value is -2.58. The van der Waals surface area contributed by atoms with Gasteiger partial charge in [0.25, 0.3) is 20.0 Å². The zero-order chi connectivity index (χ0) is 21.5. The summed E-state index contributed by atoms with van der Waals surface area (Å²) in [7, 11) is -8.26. The first-order chi connectivity index (χ1) is 14.2. The Morgan fingerprint density at radius 1 is 0.667 bits per heavy atom. The van der Waals surface area contributed by atoms with Crippen molar-refractivity contribution < 1.29 is 16.8 Å². The summed E-state index contributed by atoms with van der Waals surface area (Å²) in [6, 6.07) is 18.8. The number of aromatic nitrogens is 1. The van der Waals surface area contributed by atoms with Crippen LogP contribution in [-0.2, 0) is 32.9 Å². The van der Waals surface area contributed by atoms with Crippen LogP contribution in [0.3, 0.4) is 0 Å². The van der Waals surface area contributed by atoms with Crippen molar-refractivity contribution in [3.05, 3.63) is 71.8 Å². The van der Waals surface area contributed by atoms with Crippen molar-refractivity contribution >= 4 is 20.0 Å². The summed E-state index contributed by atoms with van der Waals surface area (Å²) >= 11 is 0. The van der Waals surface area contributed by atoms with Crippen LogP contribution >= 0.6 is 0 Å². The fraction of sp³-hybridized carbons (Fsp3) is 0.273. The second kappa shape index (κ2) is 7.59. The third kappa shape index (κ3) is 3.65. The Morgan fingerprint density at radius 2 is 1.03 bits per heavy atom. The third-order valence-corrected chi connectivity index (χ3v) is 8.37. The van der Waals surface area contributed by atoms with Gasteiger partial charge in [-0.2, -0.15) is 0 Å². The molecule has 8 heteroatoms. The van der Waals surface area contributed by atoms with E-state index in [0.717, 1.165) is 60.4 Å². The minimum atomic E-state index is -4.13. The lowest BCUT2D eigenvalue weighted by Gasteiger charge is -2.26. The molecule has 0 atom stereocenters. The molecule has 0 saturated carbocycles. The highest BCUT2D eigenvalue weighted by Gasteiger charge is 2.36. The molecule has 0 bridgehead atoms. The molecule has 0 amide bonds. The lowest BCUT2D eigenvalue weighted by Crippen LogP contribution is -2.44. The molecule has 0 aliphatic heterocycles. The first kappa shape index (κ1) is 20.7. The summed E-state index contributed by atoms with van der Waals surface area (Å²) in [5, 5.41) is 0. The molecule has 0 radical (unpaired) electrons. The smallest absolute Gasteiger partial charge is 0.228 e. The number of fused-ring (bicyclic) bond motifs is 1. The van der Waals surface area contributed by atoms with Crippen LogP contribution in [-0.4, -0.2) is 34.0 Å². The normalized spacial score (nSPS) is 14.3. The summed E-state index contributed by atoms with van der Waals surface area (Å²) in [5.74, 6) is 0. The van der Waals surface area contributed by atoms with Gasteiger partial charge in [0.05, 0.1) is 23.9 Å². The van der Waals surface area contributed by atoms with Crippen LogP contribution in [0.25, 0.3) is 22.5 Å². The largest absolute Gasteiger partial charge is 0.259 e. The highest BCUT2D eigenvalue weighted by molar-refractivity contribution is 8.09. The van der Waals surface area contributed by atoms with Gasteiger partial charge >= 0.3 is 0 Å². The van der Waals surface area contributed by atoms with Crippen molar-refractivity contribution in [2.24, 2.45) is 0 Å². The number of nitrogens with zero attached hydrogens (tertiary/aromatic N) is 2. The molecule has 1 aliphatic carbocycles. The molecular formula is C22H24N2O4S2. The second-order valence-electron chi connectivity index (χ2n) is 7.61. The maximum Gasteiger partial charge on any atom is 0.259 e. The Kier molecular flexibility index (Phi) is 5.23. The molecule has 3 aromatic rings. The van der Waals surface area contributed by atoms with Gasteiger partial charge in [0.15, 0.2) is 0 Å². The Morgan fingerprint density at radius 3 is 1.37 bits per heavy atom. The number of hydrogen-bond acceptors (Lipinski definition) is 4. The third-order valence-electron chi connectivity index (χ3n) is 5.29. The van der Waals surface area contributed by atoms with Crippen LogP contribution in [0.5, 0.6) is 0 Å². The monoisotopic (exact) mass is 444 g/mol. The highest BCUT2D eigenvalue weighted by atomic mass is 32.3. The second-order valence-corrected chi connectivity index (χ2v) is 11.5. The number of rotatable bonds is 5. The van der Waals surface area contributed by atoms with E-state index in [1.165, 1.54) is 4.68 Å². The van der Waals surface area contributed by atoms with Crippen molar-refractivity contribution in [1.29, 1.82) is 0 Å². The molecule has 1 aromatic heterocycles. The van der Waals surface area contributed by atoms with E-state index in [2.05, 4.69) is 0 Å². The number of benzene rings is 2. The standard InChI is InChI=1S/C22H24N2O4S2/c1-29(25,26)24(30(2,27)28)23-21(17-11-5-3-6-12-17)19-15-9-10-16-20(19)22(23)18-13-7-4-8-14-18/h3-8,11-14H,9-10,15-16H2,1-2H3. The van der Waals surface area contributed by atoms with Crippen molar-refractivity contribution in [2.45, 2.75) is 25.7 Å². The van der Waals surface area contributed by atoms with E-state index in [-0.39, 0.29) is 0 Å². The average Bonchev–Trinajstić information content (AvgIpc) is 3.01. The minimum absolute atomic E-state index is 0.545. The van der Waals surface area contributed by atoms with E-state index >= 15 is 0 Å². The van der Waals surface area contributed by atoms with Gasteiger partial charge in [-0.1, -0.05) is 64.5 Å². The zero-order valence-electron chi connectivity index (χ0n) is 16.9. The lowest BCUT2D eigenvalue weighted by molar-refractivity contribution is 0.575. The molecule has 0 spiro atoms. The molecule has 0 fully saturated rings. The van der Waals surface area contributed by atoms with Gasteiger partial charge in [-0.25, -0.2) is 21.5 Å². The van der Waals surface area contributed by atoms with Crippen LogP contribution in [0.1, 0.15) is 24.0 Å². The molecule has 1 aliphatic rings. The fourth-order valence-electron chi connectivity index (χ4n) is 4.29. The van der Waals surface area contributed by atoms with Gasteiger partial charge in [-0.3, -0.25) is 0 Å². The van der Waals surface area contributed by atoms with Crippen molar-refractivity contribution in [3.63, 3.8) is 0 Å². The molecular weight excluding hydrogens is 420 g/mol. The van der Waals surface area contributed by atoms with Gasteiger partial charge in [-0.15, -0.1) is 0 Å². The molecule has 30 heavy (non-hydrogen) atoms. The van der Waals surface area contributed by atoms with Crippen LogP contribution in [0.15, 0.2) is 60.7 Å². The van der Waals surface area contributed by atoms with E-state index < -0.39 is 20.0 Å². The zero-order valence-corrected chi connectivity index (χ0v) is 18.6. The van der Waals surface area contributed by atoms with Crippen molar-refractivity contribution in [1.82, 2.24) is 4.68 Å². The molecule has 0 N–H and O–H groups in total. The van der Waals surface area contributed by atoms with Crippen LogP contribution in [0.2, 0.25) is 0 Å². The number of sulfonamides is 2. The van der Waals surface area contributed by atoms with Gasteiger partial charge < -0.3 is 0 Å². The van der Waals surface area contributed by atoms with Gasteiger partial charge in [0.2, 0.25) is 0 Å². The predicted octanol–water partition coefficient (Wildman–Crippen LogP) is 3.56. The minimum Gasteiger partial charge on any atom is -0.228 e. The molecule has 0 saturated heterocycles. The molecule has 158 valence electrons. The van der Waals surface area contributed by atoms with Crippen LogP contribution in [0, 0.1) is 0 Å². The van der Waals surface area contributed by atoms with E-state index in [1.807, 2.05) is 60.7 Å². The Balaban J connectivity index is 2.20. The fourth-order valence-corrected chi connectivity index (χ4v) is 7.17. The van der Waals surface area contributed by atoms with Crippen LogP contribution < -0.4 is 3.82 Å². The number of hydrogen-bond donors (Lipinski definition) is 0. The van der Waals surface area contributed by atoms with E-state index in [4.69, 9.17) is 0 Å². The summed E-state index contributed by atoms with van der Waals surface area (Å²) < 4.78 is 53.1. The maximum atomic E-state index is 12.8. The maximum absolute atomic E-state index is 12.8.